The average molecular weight is 545 g/mol. The van der Waals surface area contributed by atoms with Gasteiger partial charge in [0.1, 0.15) is 12.7 Å². The van der Waals surface area contributed by atoms with Crippen LogP contribution in [0.25, 0.3) is 0 Å². The summed E-state index contributed by atoms with van der Waals surface area (Å²) in [6.45, 7) is 14.8. The number of carbonyl (C=O) groups is 2. The van der Waals surface area contributed by atoms with Crippen molar-refractivity contribution in [3.05, 3.63) is 0 Å². The van der Waals surface area contributed by atoms with Crippen LogP contribution in [0.5, 0.6) is 0 Å². The minimum atomic E-state index is -0.517. The molecule has 0 aliphatic carbocycles. The molecule has 1 amide bonds. The van der Waals surface area contributed by atoms with E-state index in [4.69, 9.17) is 18.9 Å². The molecule has 0 aliphatic rings. The van der Waals surface area contributed by atoms with Crippen molar-refractivity contribution in [3.63, 3.8) is 0 Å². The first-order chi connectivity index (χ1) is 18.5. The van der Waals surface area contributed by atoms with Crippen molar-refractivity contribution >= 4 is 12.1 Å². The Morgan fingerprint density at radius 3 is 1.82 bits per heavy atom. The summed E-state index contributed by atoms with van der Waals surface area (Å²) < 4.78 is 22.6. The first-order valence-corrected chi connectivity index (χ1v) is 15.5. The molecule has 1 N–H and O–H groups in total. The predicted octanol–water partition coefficient (Wildman–Crippen LogP) is 6.85. The number of hydrogen-bond donors (Lipinski definition) is 1. The highest BCUT2D eigenvalue weighted by Gasteiger charge is 2.16. The van der Waals surface area contributed by atoms with Crippen LogP contribution in [0.2, 0.25) is 0 Å². The van der Waals surface area contributed by atoms with E-state index >= 15 is 0 Å². The number of amides is 1. The molecule has 0 radical (unpaired) electrons. The lowest BCUT2D eigenvalue weighted by molar-refractivity contribution is -0.160. The lowest BCUT2D eigenvalue weighted by Crippen LogP contribution is -2.36. The summed E-state index contributed by atoms with van der Waals surface area (Å²) in [6, 6.07) is 0. The number of nitrogens with one attached hydrogen (secondary N) is 1. The Kier molecular flexibility index (Phi) is 26.2. The summed E-state index contributed by atoms with van der Waals surface area (Å²) in [6.07, 6.45) is 13.7. The molecule has 1 atom stereocenters. The lowest BCUT2D eigenvalue weighted by Gasteiger charge is -2.19. The molecule has 0 rings (SSSR count). The molecule has 0 heterocycles. The predicted molar refractivity (Wildman–Crippen MR) is 154 cm³/mol. The van der Waals surface area contributed by atoms with E-state index in [0.717, 1.165) is 45.3 Å². The summed E-state index contributed by atoms with van der Waals surface area (Å²) in [5, 5.41) is 2.74. The number of unbranched alkanes of at least 4 members (excludes halogenated alkanes) is 10. The quantitative estimate of drug-likeness (QED) is 0.0688. The molecule has 0 saturated carbocycles. The Bertz CT molecular complexity index is 527. The summed E-state index contributed by atoms with van der Waals surface area (Å²) >= 11 is 0. The molecule has 0 aliphatic heterocycles. The molecule has 0 aromatic rings. The number of rotatable bonds is 27. The van der Waals surface area contributed by atoms with Crippen LogP contribution in [0.15, 0.2) is 0 Å². The molecule has 0 spiro atoms. The third-order valence-electron chi connectivity index (χ3n) is 6.57. The first-order valence-electron chi connectivity index (χ1n) is 15.5. The monoisotopic (exact) mass is 544 g/mol. The standard InChI is InChI=1S/C30H60N2O6/c1-6-10-12-14-16-18-24-35-29(36-25-19-17-15-13-11-7-2)21-20-28(33)37-26-27(5)38-30(34)31-22-23-32(8-3)9-4/h27,29H,6-26H2,1-5H3,(H,31,34). The second kappa shape index (κ2) is 27.2. The van der Waals surface area contributed by atoms with Gasteiger partial charge in [-0.05, 0) is 32.9 Å². The fourth-order valence-electron chi connectivity index (χ4n) is 4.04. The number of nitrogens with zero attached hydrogens (tertiary/aromatic N) is 1. The zero-order chi connectivity index (χ0) is 28.3. The zero-order valence-electron chi connectivity index (χ0n) is 25.4. The minimum absolute atomic E-state index is 0.0319. The van der Waals surface area contributed by atoms with Crippen LogP contribution >= 0.6 is 0 Å². The zero-order valence-corrected chi connectivity index (χ0v) is 25.4. The van der Waals surface area contributed by atoms with Crippen molar-refractivity contribution in [2.45, 2.75) is 137 Å². The van der Waals surface area contributed by atoms with Crippen molar-refractivity contribution in [1.29, 1.82) is 0 Å². The van der Waals surface area contributed by atoms with Gasteiger partial charge in [0, 0.05) is 32.7 Å². The van der Waals surface area contributed by atoms with Gasteiger partial charge in [0.25, 0.3) is 0 Å². The number of hydrogen-bond acceptors (Lipinski definition) is 7. The van der Waals surface area contributed by atoms with E-state index in [-0.39, 0.29) is 25.3 Å². The fourth-order valence-corrected chi connectivity index (χ4v) is 4.04. The molecule has 0 aromatic carbocycles. The number of carbonyl (C=O) groups excluding carboxylic acids is 2. The van der Waals surface area contributed by atoms with Gasteiger partial charge in [-0.25, -0.2) is 4.79 Å². The number of alkyl carbamates (subject to hydrolysis) is 1. The highest BCUT2D eigenvalue weighted by atomic mass is 16.7. The Balaban J connectivity index is 4.24. The summed E-state index contributed by atoms with van der Waals surface area (Å²) in [5.41, 5.74) is 0. The van der Waals surface area contributed by atoms with E-state index in [1.807, 2.05) is 0 Å². The molecular formula is C30H60N2O6. The number of esters is 1. The van der Waals surface area contributed by atoms with Crippen molar-refractivity contribution in [2.24, 2.45) is 0 Å². The van der Waals surface area contributed by atoms with E-state index in [0.29, 0.717) is 26.2 Å². The Morgan fingerprint density at radius 1 is 0.763 bits per heavy atom. The number of ether oxygens (including phenoxy) is 4. The maximum Gasteiger partial charge on any atom is 0.407 e. The van der Waals surface area contributed by atoms with Crippen molar-refractivity contribution in [1.82, 2.24) is 10.2 Å². The van der Waals surface area contributed by atoms with Gasteiger partial charge in [0.2, 0.25) is 0 Å². The minimum Gasteiger partial charge on any atom is -0.462 e. The van der Waals surface area contributed by atoms with E-state index < -0.39 is 12.2 Å². The van der Waals surface area contributed by atoms with Crippen LogP contribution in [0.1, 0.15) is 125 Å². The van der Waals surface area contributed by atoms with E-state index in [1.54, 1.807) is 6.92 Å². The van der Waals surface area contributed by atoms with E-state index in [1.165, 1.54) is 51.4 Å². The number of likely N-dealkylation sites (N-methyl/N-ethyl adjacent to an activating group) is 1. The first kappa shape index (κ1) is 36.6. The average Bonchev–Trinajstić information content (AvgIpc) is 2.91. The lowest BCUT2D eigenvalue weighted by atomic mass is 10.1. The second-order valence-corrected chi connectivity index (χ2v) is 10.1. The fraction of sp³-hybridized carbons (Fsp3) is 0.933. The summed E-state index contributed by atoms with van der Waals surface area (Å²) in [7, 11) is 0. The molecule has 8 heteroatoms. The van der Waals surface area contributed by atoms with Crippen LogP contribution in [0.3, 0.4) is 0 Å². The molecule has 8 nitrogen and oxygen atoms in total. The normalized spacial score (nSPS) is 12.2. The van der Waals surface area contributed by atoms with Crippen LogP contribution in [-0.4, -0.2) is 75.4 Å². The molecule has 0 saturated heterocycles. The van der Waals surface area contributed by atoms with Gasteiger partial charge in [0.05, 0.1) is 6.42 Å². The van der Waals surface area contributed by atoms with Gasteiger partial charge in [-0.3, -0.25) is 4.79 Å². The van der Waals surface area contributed by atoms with Gasteiger partial charge in [0.15, 0.2) is 6.29 Å². The molecular weight excluding hydrogens is 484 g/mol. The van der Waals surface area contributed by atoms with E-state index in [2.05, 4.69) is 37.9 Å². The third kappa shape index (κ3) is 23.7. The molecule has 0 aromatic heterocycles. The molecule has 0 fully saturated rings. The van der Waals surface area contributed by atoms with Crippen LogP contribution in [0, 0.1) is 0 Å². The molecule has 1 unspecified atom stereocenters. The Hall–Kier alpha value is -1.38. The van der Waals surface area contributed by atoms with Crippen LogP contribution in [0.4, 0.5) is 4.79 Å². The highest BCUT2D eigenvalue weighted by molar-refractivity contribution is 5.69. The van der Waals surface area contributed by atoms with Gasteiger partial charge in [-0.1, -0.05) is 91.9 Å². The maximum absolute atomic E-state index is 12.3. The molecule has 226 valence electrons. The Morgan fingerprint density at radius 2 is 1.29 bits per heavy atom. The SMILES string of the molecule is CCCCCCCCOC(CCC(=O)OCC(C)OC(=O)NCCN(CC)CC)OCCCCCCCC. The van der Waals surface area contributed by atoms with Crippen LogP contribution < -0.4 is 5.32 Å². The van der Waals surface area contributed by atoms with Gasteiger partial charge >= 0.3 is 12.1 Å². The van der Waals surface area contributed by atoms with Gasteiger partial charge in [-0.2, -0.15) is 0 Å². The van der Waals surface area contributed by atoms with Gasteiger partial charge in [-0.15, -0.1) is 0 Å². The summed E-state index contributed by atoms with van der Waals surface area (Å²) in [5.74, 6) is -0.335. The van der Waals surface area contributed by atoms with E-state index in [9.17, 15) is 9.59 Å². The Labute approximate surface area is 233 Å². The third-order valence-corrected chi connectivity index (χ3v) is 6.57. The van der Waals surface area contributed by atoms with Crippen molar-refractivity contribution in [2.75, 3.05) is 46.0 Å². The molecule has 0 bridgehead atoms. The van der Waals surface area contributed by atoms with Crippen molar-refractivity contribution in [3.8, 4) is 0 Å². The highest BCUT2D eigenvalue weighted by Crippen LogP contribution is 2.12. The second-order valence-electron chi connectivity index (χ2n) is 10.1. The maximum atomic E-state index is 12.3. The van der Waals surface area contributed by atoms with Crippen LogP contribution in [-0.2, 0) is 23.7 Å². The summed E-state index contributed by atoms with van der Waals surface area (Å²) in [4.78, 5) is 26.5. The van der Waals surface area contributed by atoms with Crippen molar-refractivity contribution < 1.29 is 28.5 Å². The molecule has 38 heavy (non-hydrogen) atoms. The smallest absolute Gasteiger partial charge is 0.407 e. The topological polar surface area (TPSA) is 86.3 Å². The van der Waals surface area contributed by atoms with Gasteiger partial charge < -0.3 is 29.2 Å². The largest absolute Gasteiger partial charge is 0.462 e.